The third-order valence-electron chi connectivity index (χ3n) is 4.51. The van der Waals surface area contributed by atoms with Crippen molar-refractivity contribution in [3.05, 3.63) is 77.7 Å². The predicted molar refractivity (Wildman–Crippen MR) is 112 cm³/mol. The quantitative estimate of drug-likeness (QED) is 0.477. The van der Waals surface area contributed by atoms with Crippen molar-refractivity contribution in [2.24, 2.45) is 0 Å². The lowest BCUT2D eigenvalue weighted by molar-refractivity contribution is 0.271. The molecule has 1 heterocycles. The molecule has 0 aliphatic rings. The van der Waals surface area contributed by atoms with Gasteiger partial charge in [0.1, 0.15) is 30.5 Å². The Hall–Kier alpha value is -3.35. The van der Waals surface area contributed by atoms with Gasteiger partial charge < -0.3 is 19.1 Å². The molecule has 0 saturated carbocycles. The van der Waals surface area contributed by atoms with Crippen LogP contribution in [0.15, 0.2) is 60.8 Å². The van der Waals surface area contributed by atoms with Crippen LogP contribution in [0.5, 0.6) is 17.2 Å². The molecule has 30 heavy (non-hydrogen) atoms. The highest BCUT2D eigenvalue weighted by Gasteiger charge is 2.16. The van der Waals surface area contributed by atoms with Gasteiger partial charge in [0.15, 0.2) is 11.6 Å². The van der Waals surface area contributed by atoms with E-state index in [9.17, 15) is 8.78 Å². The Morgan fingerprint density at radius 2 is 1.37 bits per heavy atom. The summed E-state index contributed by atoms with van der Waals surface area (Å²) in [7, 11) is 3.22. The van der Waals surface area contributed by atoms with Gasteiger partial charge in [0.25, 0.3) is 0 Å². The van der Waals surface area contributed by atoms with E-state index in [1.165, 1.54) is 12.3 Å². The van der Waals surface area contributed by atoms with E-state index in [1.807, 2.05) is 53.4 Å². The minimum atomic E-state index is -0.648. The average molecular weight is 414 g/mol. The third-order valence-corrected chi connectivity index (χ3v) is 4.51. The summed E-state index contributed by atoms with van der Waals surface area (Å²) in [5.74, 6) is 1.35. The molecule has 5 nitrogen and oxygen atoms in total. The maximum absolute atomic E-state index is 14.9. The lowest BCUT2D eigenvalue weighted by atomic mass is 10.1. The van der Waals surface area contributed by atoms with Crippen molar-refractivity contribution in [2.45, 2.75) is 13.1 Å². The first-order valence-corrected chi connectivity index (χ1v) is 9.48. The lowest BCUT2D eigenvalue weighted by Crippen LogP contribution is -2.24. The molecule has 0 N–H and O–H groups in total. The maximum Gasteiger partial charge on any atom is 0.169 e. The first kappa shape index (κ1) is 21.4. The lowest BCUT2D eigenvalue weighted by Gasteiger charge is -2.25. The Bertz CT molecular complexity index is 885. The summed E-state index contributed by atoms with van der Waals surface area (Å²) < 4.78 is 42.7. The molecule has 2 aromatic carbocycles. The number of aromatic nitrogens is 1. The molecule has 0 amide bonds. The zero-order valence-electron chi connectivity index (χ0n) is 17.0. The van der Waals surface area contributed by atoms with Crippen LogP contribution in [0.25, 0.3) is 0 Å². The summed E-state index contributed by atoms with van der Waals surface area (Å²) in [4.78, 5) is 6.08. The van der Waals surface area contributed by atoms with Gasteiger partial charge in [0.2, 0.25) is 0 Å². The van der Waals surface area contributed by atoms with Gasteiger partial charge in [0.05, 0.1) is 20.4 Å². The van der Waals surface area contributed by atoms with E-state index in [0.717, 1.165) is 22.6 Å². The van der Waals surface area contributed by atoms with Crippen LogP contribution in [0.1, 0.15) is 11.1 Å². The summed E-state index contributed by atoms with van der Waals surface area (Å²) in [6.07, 6.45) is 1.41. The summed E-state index contributed by atoms with van der Waals surface area (Å²) in [5.41, 5.74) is 1.95. The molecule has 7 heteroatoms. The number of benzene rings is 2. The van der Waals surface area contributed by atoms with Gasteiger partial charge in [-0.15, -0.1) is 0 Å². The standard InChI is InChI=1S/C23H24F2N2O3/c1-28-19-7-3-17(4-8-19)15-27(16-18-5-9-20(29-2)10-6-18)23-22(25)13-21(14-26-23)30-12-11-24/h3-10,13-14H,11-12,15-16H2,1-2H3. The van der Waals surface area contributed by atoms with Gasteiger partial charge in [-0.2, -0.15) is 0 Å². The van der Waals surface area contributed by atoms with Crippen molar-refractivity contribution in [1.29, 1.82) is 0 Å². The molecule has 0 radical (unpaired) electrons. The fourth-order valence-electron chi connectivity index (χ4n) is 2.99. The molecule has 0 spiro atoms. The highest BCUT2D eigenvalue weighted by molar-refractivity contribution is 5.45. The van der Waals surface area contributed by atoms with Crippen LogP contribution in [-0.4, -0.2) is 32.5 Å². The zero-order valence-corrected chi connectivity index (χ0v) is 17.0. The van der Waals surface area contributed by atoms with E-state index in [-0.39, 0.29) is 18.2 Å². The van der Waals surface area contributed by atoms with Crippen LogP contribution in [0, 0.1) is 5.82 Å². The normalized spacial score (nSPS) is 10.5. The van der Waals surface area contributed by atoms with Crippen molar-refractivity contribution in [3.8, 4) is 17.2 Å². The SMILES string of the molecule is COc1ccc(CN(Cc2ccc(OC)cc2)c2ncc(OCCF)cc2F)cc1. The molecule has 3 rings (SSSR count). The topological polar surface area (TPSA) is 43.8 Å². The van der Waals surface area contributed by atoms with Crippen LogP contribution in [-0.2, 0) is 13.1 Å². The van der Waals surface area contributed by atoms with E-state index in [0.29, 0.717) is 13.1 Å². The Labute approximate surface area is 174 Å². The average Bonchev–Trinajstić information content (AvgIpc) is 2.78. The van der Waals surface area contributed by atoms with Crippen molar-refractivity contribution in [1.82, 2.24) is 4.98 Å². The molecule has 1 aromatic heterocycles. The Balaban J connectivity index is 1.87. The van der Waals surface area contributed by atoms with Gasteiger partial charge in [-0.1, -0.05) is 24.3 Å². The van der Waals surface area contributed by atoms with E-state index in [2.05, 4.69) is 4.98 Å². The number of ether oxygens (including phenoxy) is 3. The molecule has 0 unspecified atom stereocenters. The number of nitrogens with zero attached hydrogens (tertiary/aromatic N) is 2. The molecule has 0 bridgehead atoms. The van der Waals surface area contributed by atoms with Crippen LogP contribution in [0.3, 0.4) is 0 Å². The second-order valence-electron chi connectivity index (χ2n) is 6.57. The van der Waals surface area contributed by atoms with E-state index in [1.54, 1.807) is 14.2 Å². The monoisotopic (exact) mass is 414 g/mol. The first-order valence-electron chi connectivity index (χ1n) is 9.48. The number of halogens is 2. The van der Waals surface area contributed by atoms with Gasteiger partial charge in [-0.3, -0.25) is 0 Å². The molecule has 0 aliphatic carbocycles. The number of hydrogen-bond acceptors (Lipinski definition) is 5. The van der Waals surface area contributed by atoms with Crippen molar-refractivity contribution in [2.75, 3.05) is 32.4 Å². The summed E-state index contributed by atoms with van der Waals surface area (Å²) >= 11 is 0. The highest BCUT2D eigenvalue weighted by Crippen LogP contribution is 2.25. The molecule has 158 valence electrons. The van der Waals surface area contributed by atoms with Crippen molar-refractivity contribution in [3.63, 3.8) is 0 Å². The second kappa shape index (κ2) is 10.4. The number of alkyl halides is 1. The molecule has 0 aliphatic heterocycles. The van der Waals surface area contributed by atoms with Crippen LogP contribution >= 0.6 is 0 Å². The Morgan fingerprint density at radius 3 is 1.80 bits per heavy atom. The minimum absolute atomic E-state index is 0.137. The second-order valence-corrected chi connectivity index (χ2v) is 6.57. The summed E-state index contributed by atoms with van der Waals surface area (Å²) in [6.45, 7) is 0.0849. The van der Waals surface area contributed by atoms with Crippen molar-refractivity contribution < 1.29 is 23.0 Å². The molecular weight excluding hydrogens is 390 g/mol. The van der Waals surface area contributed by atoms with Crippen LogP contribution in [0.4, 0.5) is 14.6 Å². The van der Waals surface area contributed by atoms with Crippen LogP contribution < -0.4 is 19.1 Å². The Kier molecular flexibility index (Phi) is 7.43. The smallest absolute Gasteiger partial charge is 0.169 e. The molecule has 0 saturated heterocycles. The van der Waals surface area contributed by atoms with Gasteiger partial charge in [-0.25, -0.2) is 13.8 Å². The fourth-order valence-corrected chi connectivity index (χ4v) is 2.99. The summed E-state index contributed by atoms with van der Waals surface area (Å²) in [5, 5.41) is 0. The van der Waals surface area contributed by atoms with Gasteiger partial charge in [-0.05, 0) is 35.4 Å². The molecular formula is C23H24F2N2O3. The fraction of sp³-hybridized carbons (Fsp3) is 0.261. The number of hydrogen-bond donors (Lipinski definition) is 0. The first-order chi connectivity index (χ1) is 14.6. The van der Waals surface area contributed by atoms with Gasteiger partial charge in [0, 0.05) is 19.2 Å². The van der Waals surface area contributed by atoms with Crippen molar-refractivity contribution >= 4 is 5.82 Å². The largest absolute Gasteiger partial charge is 0.497 e. The van der Waals surface area contributed by atoms with E-state index < -0.39 is 12.5 Å². The van der Waals surface area contributed by atoms with Crippen LogP contribution in [0.2, 0.25) is 0 Å². The number of rotatable bonds is 10. The Morgan fingerprint density at radius 1 is 0.833 bits per heavy atom. The highest BCUT2D eigenvalue weighted by atomic mass is 19.1. The zero-order chi connectivity index (χ0) is 21.3. The molecule has 3 aromatic rings. The predicted octanol–water partition coefficient (Wildman–Crippen LogP) is 4.79. The number of anilines is 1. The maximum atomic E-state index is 14.9. The van der Waals surface area contributed by atoms with E-state index >= 15 is 0 Å². The minimum Gasteiger partial charge on any atom is -0.497 e. The molecule has 0 atom stereocenters. The third kappa shape index (κ3) is 5.59. The van der Waals surface area contributed by atoms with E-state index in [4.69, 9.17) is 14.2 Å². The molecule has 0 fully saturated rings. The number of pyridine rings is 1. The van der Waals surface area contributed by atoms with Gasteiger partial charge >= 0.3 is 0 Å². The summed E-state index contributed by atoms with van der Waals surface area (Å²) in [6, 6.07) is 16.4. The number of methoxy groups -OCH3 is 2.